The van der Waals surface area contributed by atoms with E-state index in [0.717, 1.165) is 62.4 Å². The molecule has 0 unspecified atom stereocenters. The van der Waals surface area contributed by atoms with Crippen LogP contribution in [0.3, 0.4) is 0 Å². The summed E-state index contributed by atoms with van der Waals surface area (Å²) >= 11 is 0. The number of rotatable bonds is 11. The number of anilines is 12. The second-order valence-corrected chi connectivity index (χ2v) is 22.3. The third-order valence-electron chi connectivity index (χ3n) is 17.7. The fourth-order valence-corrected chi connectivity index (χ4v) is 14.2. The largest absolute Gasteiger partial charge is 0.311 e. The Labute approximate surface area is 495 Å². The van der Waals surface area contributed by atoms with Gasteiger partial charge in [0.05, 0.1) is 0 Å². The van der Waals surface area contributed by atoms with E-state index in [1.807, 2.05) is 0 Å². The molecule has 0 aromatic heterocycles. The zero-order valence-electron chi connectivity index (χ0n) is 46.5. The number of hydrogen-bond acceptors (Lipinski definition) is 4. The van der Waals surface area contributed by atoms with Crippen molar-refractivity contribution in [2.24, 2.45) is 0 Å². The van der Waals surface area contributed by atoms with Crippen LogP contribution in [0, 0.1) is 0 Å². The van der Waals surface area contributed by atoms with Crippen LogP contribution >= 0.6 is 0 Å². The van der Waals surface area contributed by atoms with Crippen molar-refractivity contribution in [3.8, 4) is 22.3 Å². The normalized spacial score (nSPS) is 12.2. The Morgan fingerprint density at radius 3 is 1.16 bits per heavy atom. The fourth-order valence-electron chi connectivity index (χ4n) is 14.2. The molecular weight excluding hydrogens is 1030 g/mol. The lowest BCUT2D eigenvalue weighted by atomic mass is 9.32. The zero-order chi connectivity index (χ0) is 56.0. The summed E-state index contributed by atoms with van der Waals surface area (Å²) in [7, 11) is 0. The quantitative estimate of drug-likeness (QED) is 0.0727. The maximum Gasteiger partial charge on any atom is 0.248 e. The molecule has 85 heavy (non-hydrogen) atoms. The van der Waals surface area contributed by atoms with E-state index in [2.05, 4.69) is 341 Å². The molecule has 0 spiro atoms. The van der Waals surface area contributed by atoms with E-state index < -0.39 is 0 Å². The summed E-state index contributed by atoms with van der Waals surface area (Å²) in [5.74, 6) is 0. The molecule has 15 aromatic carbocycles. The summed E-state index contributed by atoms with van der Waals surface area (Å²) in [5.41, 5.74) is 22.1. The molecule has 0 saturated carbocycles. The minimum absolute atomic E-state index is 0.00683. The molecule has 0 N–H and O–H groups in total. The van der Waals surface area contributed by atoms with Crippen LogP contribution in [0.2, 0.25) is 0 Å². The first-order valence-corrected chi connectivity index (χ1v) is 29.4. The lowest BCUT2D eigenvalue weighted by Gasteiger charge is -2.41. The summed E-state index contributed by atoms with van der Waals surface area (Å²) in [6, 6.07) is 118. The third-order valence-corrected chi connectivity index (χ3v) is 17.7. The number of para-hydroxylation sites is 8. The van der Waals surface area contributed by atoms with Gasteiger partial charge in [0.1, 0.15) is 0 Å². The van der Waals surface area contributed by atoms with Gasteiger partial charge in [-0.3, -0.25) is 0 Å². The molecule has 2 heterocycles. The van der Waals surface area contributed by atoms with Crippen LogP contribution in [-0.4, -0.2) is 6.71 Å². The van der Waals surface area contributed by atoms with Crippen molar-refractivity contribution in [1.82, 2.24) is 0 Å². The van der Waals surface area contributed by atoms with Crippen molar-refractivity contribution in [1.29, 1.82) is 0 Å². The summed E-state index contributed by atoms with van der Waals surface area (Å²) < 4.78 is 0. The van der Waals surface area contributed by atoms with E-state index in [1.165, 1.54) is 87.5 Å². The van der Waals surface area contributed by atoms with Crippen LogP contribution in [0.1, 0.15) is 0 Å². The molecule has 0 bridgehead atoms. The van der Waals surface area contributed by atoms with Gasteiger partial charge in [-0.15, -0.1) is 0 Å². The van der Waals surface area contributed by atoms with Gasteiger partial charge in [0.15, 0.2) is 0 Å². The molecule has 0 aliphatic carbocycles. The highest BCUT2D eigenvalue weighted by Crippen LogP contribution is 2.51. The molecule has 5 heteroatoms. The topological polar surface area (TPSA) is 13.0 Å². The third kappa shape index (κ3) is 7.78. The summed E-state index contributed by atoms with van der Waals surface area (Å²) in [4.78, 5) is 9.70. The van der Waals surface area contributed by atoms with Gasteiger partial charge in [-0.1, -0.05) is 206 Å². The number of hydrogen-bond donors (Lipinski definition) is 0. The van der Waals surface area contributed by atoms with Crippen LogP contribution < -0.4 is 36.0 Å². The van der Waals surface area contributed by atoms with Gasteiger partial charge in [0.25, 0.3) is 0 Å². The first-order valence-electron chi connectivity index (χ1n) is 29.4. The zero-order valence-corrected chi connectivity index (χ0v) is 46.5. The van der Waals surface area contributed by atoms with Crippen LogP contribution in [0.5, 0.6) is 0 Å². The molecule has 4 nitrogen and oxygen atoms in total. The second-order valence-electron chi connectivity index (χ2n) is 22.3. The van der Waals surface area contributed by atoms with Gasteiger partial charge in [-0.2, -0.15) is 0 Å². The van der Waals surface area contributed by atoms with Gasteiger partial charge >= 0.3 is 0 Å². The lowest BCUT2D eigenvalue weighted by molar-refractivity contribution is 1.25. The van der Waals surface area contributed by atoms with Crippen LogP contribution in [-0.2, 0) is 0 Å². The predicted octanol–water partition coefficient (Wildman–Crippen LogP) is 20.1. The van der Waals surface area contributed by atoms with Crippen molar-refractivity contribution in [2.75, 3.05) is 19.6 Å². The van der Waals surface area contributed by atoms with E-state index in [9.17, 15) is 0 Å². The molecule has 0 fully saturated rings. The Balaban J connectivity index is 0.919. The standard InChI is InChI=1S/C80H53BN4/c1-8-25-55(26-9-1)82(56-27-10-2-11-28-56)62-49-54(50-63(51-62)83(57-29-12-3-13-30-57)58-31-14-4-15-32-58)65-43-44-68-70-47-48-74-79-71(46-45-69(78(70)79)67-40-24-39-66(65)77(67)68)72-52-64(84(59-33-16-5-17-34-59)60-35-18-6-19-36-60)53-76-80(72)81(74)73-41-22-23-42-75(73)85(76)61-37-20-7-21-38-61/h1-53H. The fraction of sp³-hybridized carbons (Fsp3) is 0. The van der Waals surface area contributed by atoms with E-state index in [4.69, 9.17) is 0 Å². The lowest BCUT2D eigenvalue weighted by Crippen LogP contribution is -2.59. The minimum atomic E-state index is -0.00683. The monoisotopic (exact) mass is 1080 g/mol. The van der Waals surface area contributed by atoms with Crippen molar-refractivity contribution in [3.05, 3.63) is 322 Å². The highest BCUT2D eigenvalue weighted by molar-refractivity contribution is 7.01. The smallest absolute Gasteiger partial charge is 0.248 e. The highest BCUT2D eigenvalue weighted by Gasteiger charge is 2.42. The summed E-state index contributed by atoms with van der Waals surface area (Å²) in [6.07, 6.45) is 0. The average Bonchev–Trinajstić information content (AvgIpc) is 1.36. The SMILES string of the molecule is c1ccc(N(c2ccccc2)c2cc(-c3ccc4c5ccc6c7c(ccc(c8cccc3c48)c75)-c3cc(N(c4ccccc4)c4ccccc4)cc4c3B6c3ccccc3N4c3ccccc3)cc(N(c3ccccc3)c3ccccc3)c2)cc1. The molecule has 15 aromatic rings. The summed E-state index contributed by atoms with van der Waals surface area (Å²) in [5, 5.41) is 10.2. The molecule has 396 valence electrons. The predicted molar refractivity (Wildman–Crippen MR) is 362 cm³/mol. The van der Waals surface area contributed by atoms with Crippen molar-refractivity contribution in [3.63, 3.8) is 0 Å². The Morgan fingerprint density at radius 1 is 0.235 bits per heavy atom. The molecule has 17 rings (SSSR count). The Kier molecular flexibility index (Phi) is 11.3. The molecule has 0 amide bonds. The van der Waals surface area contributed by atoms with E-state index in [0.29, 0.717) is 0 Å². The van der Waals surface area contributed by atoms with Crippen molar-refractivity contribution < 1.29 is 0 Å². The van der Waals surface area contributed by atoms with Gasteiger partial charge in [-0.25, -0.2) is 0 Å². The molecule has 2 aliphatic rings. The summed E-state index contributed by atoms with van der Waals surface area (Å²) in [6.45, 7) is -0.00683. The average molecular weight is 1080 g/mol. The van der Waals surface area contributed by atoms with Gasteiger partial charge in [0.2, 0.25) is 6.71 Å². The number of nitrogens with zero attached hydrogens (tertiary/aromatic N) is 4. The van der Waals surface area contributed by atoms with Crippen LogP contribution in [0.15, 0.2) is 322 Å². The Bertz CT molecular complexity index is 4770. The van der Waals surface area contributed by atoms with Gasteiger partial charge in [-0.05, 0) is 198 Å². The van der Waals surface area contributed by atoms with E-state index in [1.54, 1.807) is 0 Å². The molecule has 2 aliphatic heterocycles. The van der Waals surface area contributed by atoms with Crippen LogP contribution in [0.4, 0.5) is 68.2 Å². The Hall–Kier alpha value is -11.1. The van der Waals surface area contributed by atoms with Gasteiger partial charge in [0, 0.05) is 68.2 Å². The molecular formula is C80H53BN4. The first kappa shape index (κ1) is 48.6. The Morgan fingerprint density at radius 2 is 0.647 bits per heavy atom. The molecule has 0 saturated heterocycles. The van der Waals surface area contributed by atoms with E-state index in [-0.39, 0.29) is 6.71 Å². The van der Waals surface area contributed by atoms with Crippen LogP contribution in [0.25, 0.3) is 65.3 Å². The van der Waals surface area contributed by atoms with Crippen molar-refractivity contribution >= 4 is 134 Å². The van der Waals surface area contributed by atoms with Gasteiger partial charge < -0.3 is 19.6 Å². The molecule has 0 radical (unpaired) electrons. The minimum Gasteiger partial charge on any atom is -0.311 e. The number of benzene rings is 15. The van der Waals surface area contributed by atoms with Crippen molar-refractivity contribution in [2.45, 2.75) is 0 Å². The number of fused-ring (bicyclic) bond motifs is 6. The maximum absolute atomic E-state index is 2.51. The second kappa shape index (κ2) is 19.8. The first-order chi connectivity index (χ1) is 42.2. The highest BCUT2D eigenvalue weighted by atomic mass is 15.2. The molecule has 0 atom stereocenters. The van der Waals surface area contributed by atoms with E-state index >= 15 is 0 Å². The maximum atomic E-state index is 2.51.